The van der Waals surface area contributed by atoms with Crippen LogP contribution in [-0.2, 0) is 0 Å². The fourth-order valence-electron chi connectivity index (χ4n) is 1.62. The molecule has 14 heavy (non-hydrogen) atoms. The predicted molar refractivity (Wildman–Crippen MR) is 65.7 cm³/mol. The van der Waals surface area contributed by atoms with Crippen LogP contribution >= 0.6 is 0 Å². The first-order chi connectivity index (χ1) is 6.85. The lowest BCUT2D eigenvalue weighted by Gasteiger charge is -2.16. The van der Waals surface area contributed by atoms with E-state index in [9.17, 15) is 0 Å². The first-order valence-electron chi connectivity index (χ1n) is 5.77. The molecule has 1 aliphatic rings. The largest absolute Gasteiger partial charge is 0.298 e. The molecule has 0 spiro atoms. The maximum atomic E-state index is 4.36. The van der Waals surface area contributed by atoms with Gasteiger partial charge < -0.3 is 0 Å². The molecule has 1 rings (SSSR count). The topological polar surface area (TPSA) is 24.7 Å². The average molecular weight is 196 g/mol. The summed E-state index contributed by atoms with van der Waals surface area (Å²) >= 11 is 0. The Kier molecular flexibility index (Phi) is 9.93. The number of hydrogen-bond acceptors (Lipinski definition) is 2. The predicted octanol–water partition coefficient (Wildman–Crippen LogP) is 3.51. The van der Waals surface area contributed by atoms with E-state index in [-0.39, 0.29) is 0 Å². The maximum absolute atomic E-state index is 4.36. The monoisotopic (exact) mass is 196 g/mol. The van der Waals surface area contributed by atoms with Crippen LogP contribution in [0.4, 0.5) is 0 Å². The van der Waals surface area contributed by atoms with Gasteiger partial charge in [0.15, 0.2) is 0 Å². The zero-order chi connectivity index (χ0) is 10.6. The summed E-state index contributed by atoms with van der Waals surface area (Å²) in [5.74, 6) is 0. The van der Waals surface area contributed by atoms with Crippen molar-refractivity contribution in [2.75, 3.05) is 6.54 Å². The number of nitrogens with zero attached hydrogens (tertiary/aromatic N) is 2. The summed E-state index contributed by atoms with van der Waals surface area (Å²) in [4.78, 5) is 8.21. The van der Waals surface area contributed by atoms with Crippen LogP contribution in [-0.4, -0.2) is 25.0 Å². The molecule has 0 aromatic carbocycles. The van der Waals surface area contributed by atoms with E-state index >= 15 is 0 Å². The molecule has 1 fully saturated rings. The van der Waals surface area contributed by atoms with Crippen LogP contribution in [0.2, 0.25) is 0 Å². The first-order valence-corrected chi connectivity index (χ1v) is 5.77. The zero-order valence-electron chi connectivity index (χ0n) is 9.87. The summed E-state index contributed by atoms with van der Waals surface area (Å²) in [7, 11) is 0. The second-order valence-corrected chi connectivity index (χ2v) is 3.46. The Morgan fingerprint density at radius 1 is 1.07 bits per heavy atom. The molecule has 0 atom stereocenters. The SMILES string of the molecule is CC=NC1CCCCC1.CC=NCC. The Hall–Kier alpha value is -0.660. The quantitative estimate of drug-likeness (QED) is 0.604. The lowest BCUT2D eigenvalue weighted by atomic mass is 9.96. The molecule has 1 aliphatic carbocycles. The van der Waals surface area contributed by atoms with Gasteiger partial charge in [0.25, 0.3) is 0 Å². The van der Waals surface area contributed by atoms with Gasteiger partial charge in [0.2, 0.25) is 0 Å². The molecule has 82 valence electrons. The number of aliphatic imine (C=N–C) groups is 2. The lowest BCUT2D eigenvalue weighted by molar-refractivity contribution is 0.444. The minimum Gasteiger partial charge on any atom is -0.298 e. The summed E-state index contributed by atoms with van der Waals surface area (Å²) in [5, 5.41) is 0. The van der Waals surface area contributed by atoms with Gasteiger partial charge in [0, 0.05) is 12.6 Å². The highest BCUT2D eigenvalue weighted by Gasteiger charge is 2.09. The smallest absolute Gasteiger partial charge is 0.0495 e. The van der Waals surface area contributed by atoms with E-state index < -0.39 is 0 Å². The van der Waals surface area contributed by atoms with E-state index in [1.54, 1.807) is 6.21 Å². The van der Waals surface area contributed by atoms with Crippen LogP contribution in [0.15, 0.2) is 9.98 Å². The van der Waals surface area contributed by atoms with Crippen molar-refractivity contribution in [2.45, 2.75) is 58.9 Å². The summed E-state index contributed by atoms with van der Waals surface area (Å²) in [5.41, 5.74) is 0. The Labute approximate surface area is 88.5 Å². The molecular formula is C12H24N2. The minimum atomic E-state index is 0.670. The molecule has 0 heterocycles. The molecule has 2 nitrogen and oxygen atoms in total. The Balaban J connectivity index is 0.000000292. The van der Waals surface area contributed by atoms with Gasteiger partial charge >= 0.3 is 0 Å². The van der Waals surface area contributed by atoms with Gasteiger partial charge in [-0.05, 0) is 46.0 Å². The van der Waals surface area contributed by atoms with Gasteiger partial charge in [-0.2, -0.15) is 0 Å². The van der Waals surface area contributed by atoms with Crippen molar-refractivity contribution < 1.29 is 0 Å². The van der Waals surface area contributed by atoms with E-state index in [1.807, 2.05) is 27.0 Å². The third kappa shape index (κ3) is 7.96. The summed E-state index contributed by atoms with van der Waals surface area (Å²) in [6.07, 6.45) is 10.6. The third-order valence-electron chi connectivity index (χ3n) is 2.30. The van der Waals surface area contributed by atoms with Crippen LogP contribution in [0.5, 0.6) is 0 Å². The normalized spacial score (nSPS) is 18.5. The highest BCUT2D eigenvalue weighted by atomic mass is 14.8. The molecule has 2 heteroatoms. The molecule has 0 saturated heterocycles. The van der Waals surface area contributed by atoms with Gasteiger partial charge in [0.05, 0.1) is 0 Å². The van der Waals surface area contributed by atoms with Gasteiger partial charge in [-0.1, -0.05) is 19.3 Å². The highest BCUT2D eigenvalue weighted by Crippen LogP contribution is 2.19. The zero-order valence-corrected chi connectivity index (χ0v) is 9.87. The number of rotatable bonds is 2. The molecule has 0 radical (unpaired) electrons. The van der Waals surface area contributed by atoms with Gasteiger partial charge in [0.1, 0.15) is 0 Å². The van der Waals surface area contributed by atoms with Crippen molar-refractivity contribution in [1.82, 2.24) is 0 Å². The number of hydrogen-bond donors (Lipinski definition) is 0. The fourth-order valence-corrected chi connectivity index (χ4v) is 1.62. The summed E-state index contributed by atoms with van der Waals surface area (Å²) < 4.78 is 0. The van der Waals surface area contributed by atoms with Crippen molar-refractivity contribution in [3.05, 3.63) is 0 Å². The van der Waals surface area contributed by atoms with Crippen LogP contribution < -0.4 is 0 Å². The van der Waals surface area contributed by atoms with Crippen LogP contribution in [0.1, 0.15) is 52.9 Å². The van der Waals surface area contributed by atoms with Crippen molar-refractivity contribution >= 4 is 12.4 Å². The van der Waals surface area contributed by atoms with Crippen LogP contribution in [0.3, 0.4) is 0 Å². The highest BCUT2D eigenvalue weighted by molar-refractivity contribution is 5.53. The molecule has 0 bridgehead atoms. The summed E-state index contributed by atoms with van der Waals surface area (Å²) in [6.45, 7) is 6.86. The minimum absolute atomic E-state index is 0.670. The third-order valence-corrected chi connectivity index (χ3v) is 2.30. The fraction of sp³-hybridized carbons (Fsp3) is 0.833. The Morgan fingerprint density at radius 2 is 1.71 bits per heavy atom. The molecule has 0 aromatic rings. The molecule has 0 unspecified atom stereocenters. The second-order valence-electron chi connectivity index (χ2n) is 3.46. The van der Waals surface area contributed by atoms with Crippen LogP contribution in [0.25, 0.3) is 0 Å². The van der Waals surface area contributed by atoms with Gasteiger partial charge in [-0.25, -0.2) is 0 Å². The maximum Gasteiger partial charge on any atom is 0.0495 e. The molecule has 0 N–H and O–H groups in total. The second kappa shape index (κ2) is 10.4. The van der Waals surface area contributed by atoms with E-state index in [0.717, 1.165) is 6.54 Å². The standard InChI is InChI=1S/C8H15N.C4H9N/c1-2-9-8-6-4-3-5-7-8;1-3-5-4-2/h2,8H,3-7H2,1H3;3H,4H2,1-2H3. The van der Waals surface area contributed by atoms with E-state index in [0.29, 0.717) is 6.04 Å². The molecule has 0 amide bonds. The molecule has 1 saturated carbocycles. The summed E-state index contributed by atoms with van der Waals surface area (Å²) in [6, 6.07) is 0.670. The van der Waals surface area contributed by atoms with Crippen molar-refractivity contribution in [1.29, 1.82) is 0 Å². The average Bonchev–Trinajstić information content (AvgIpc) is 2.22. The first kappa shape index (κ1) is 13.3. The Bertz CT molecular complexity index is 156. The van der Waals surface area contributed by atoms with Gasteiger partial charge in [-0.15, -0.1) is 0 Å². The van der Waals surface area contributed by atoms with E-state index in [1.165, 1.54) is 32.1 Å². The van der Waals surface area contributed by atoms with Gasteiger partial charge in [-0.3, -0.25) is 9.98 Å². The van der Waals surface area contributed by atoms with Crippen LogP contribution in [0, 0.1) is 0 Å². The van der Waals surface area contributed by atoms with E-state index in [4.69, 9.17) is 0 Å². The molecular weight excluding hydrogens is 172 g/mol. The van der Waals surface area contributed by atoms with Crippen molar-refractivity contribution in [3.63, 3.8) is 0 Å². The van der Waals surface area contributed by atoms with Crippen molar-refractivity contribution in [2.24, 2.45) is 9.98 Å². The lowest BCUT2D eigenvalue weighted by Crippen LogP contribution is -2.08. The molecule has 0 aromatic heterocycles. The van der Waals surface area contributed by atoms with E-state index in [2.05, 4.69) is 9.98 Å². The molecule has 0 aliphatic heterocycles. The Morgan fingerprint density at radius 3 is 2.07 bits per heavy atom. The van der Waals surface area contributed by atoms with Crippen molar-refractivity contribution in [3.8, 4) is 0 Å².